The van der Waals surface area contributed by atoms with Crippen LogP contribution in [0.1, 0.15) is 44.2 Å². The number of carboxylic acids is 1. The van der Waals surface area contributed by atoms with Gasteiger partial charge in [0.2, 0.25) is 0 Å². The maximum Gasteiger partial charge on any atom is 0.321 e. The molecule has 4 atom stereocenters. The lowest BCUT2D eigenvalue weighted by Gasteiger charge is -2.39. The average Bonchev–Trinajstić information content (AvgIpc) is 2.88. The van der Waals surface area contributed by atoms with E-state index in [0.29, 0.717) is 16.5 Å². The van der Waals surface area contributed by atoms with Gasteiger partial charge in [-0.1, -0.05) is 68.2 Å². The Morgan fingerprint density at radius 3 is 2.32 bits per heavy atom. The van der Waals surface area contributed by atoms with E-state index in [1.54, 1.807) is 24.3 Å². The topological polar surface area (TPSA) is 75.3 Å². The molecular weight excluding hydrogens is 395 g/mol. The monoisotopic (exact) mass is 420 g/mol. The van der Waals surface area contributed by atoms with Gasteiger partial charge in [-0.05, 0) is 47.2 Å². The molecule has 0 saturated carbocycles. The van der Waals surface area contributed by atoms with Gasteiger partial charge in [-0.2, -0.15) is 0 Å². The van der Waals surface area contributed by atoms with E-state index in [9.17, 15) is 9.90 Å². The first-order valence-electron chi connectivity index (χ1n) is 9.31. The zero-order chi connectivity index (χ0) is 20.7. The number of aliphatic carboxylic acids is 1. The normalized spacial score (nSPS) is 27.7. The summed E-state index contributed by atoms with van der Waals surface area (Å²) in [6, 6.07) is 13.6. The number of benzene rings is 2. The lowest BCUT2D eigenvalue weighted by molar-refractivity contribution is -0.139. The average molecular weight is 421 g/mol. The highest BCUT2D eigenvalue weighted by atomic mass is 35.5. The van der Waals surface area contributed by atoms with Crippen LogP contribution in [0.15, 0.2) is 48.5 Å². The summed E-state index contributed by atoms with van der Waals surface area (Å²) < 4.78 is 0. The van der Waals surface area contributed by atoms with E-state index in [1.807, 2.05) is 24.3 Å². The molecule has 4 N–H and O–H groups in total. The number of nitrogens with one attached hydrogen (secondary N) is 1. The molecule has 1 heterocycles. The Bertz CT molecular complexity index is 864. The first kappa shape index (κ1) is 21.1. The predicted molar refractivity (Wildman–Crippen MR) is 114 cm³/mol. The molecule has 1 saturated heterocycles. The van der Waals surface area contributed by atoms with Crippen molar-refractivity contribution in [3.8, 4) is 0 Å². The van der Waals surface area contributed by atoms with Crippen LogP contribution in [0.25, 0.3) is 0 Å². The van der Waals surface area contributed by atoms with Gasteiger partial charge in [0, 0.05) is 22.0 Å². The van der Waals surface area contributed by atoms with Crippen LogP contribution >= 0.6 is 23.2 Å². The molecule has 2 aromatic carbocycles. The molecule has 0 amide bonds. The number of carbonyl (C=O) groups is 1. The van der Waals surface area contributed by atoms with Crippen molar-refractivity contribution < 1.29 is 9.90 Å². The predicted octanol–water partition coefficient (Wildman–Crippen LogP) is 4.79. The molecule has 150 valence electrons. The molecule has 3 rings (SSSR count). The third kappa shape index (κ3) is 4.06. The number of hydrogen-bond donors (Lipinski definition) is 3. The Morgan fingerprint density at radius 2 is 1.79 bits per heavy atom. The van der Waals surface area contributed by atoms with Gasteiger partial charge in [0.15, 0.2) is 0 Å². The Balaban J connectivity index is 2.20. The number of rotatable bonds is 4. The van der Waals surface area contributed by atoms with Crippen LogP contribution in [0.5, 0.6) is 0 Å². The minimum atomic E-state index is -0.939. The van der Waals surface area contributed by atoms with Crippen molar-refractivity contribution in [3.05, 3.63) is 69.7 Å². The summed E-state index contributed by atoms with van der Waals surface area (Å²) in [5, 5.41) is 14.5. The molecule has 6 heteroatoms. The molecule has 0 unspecified atom stereocenters. The van der Waals surface area contributed by atoms with Crippen molar-refractivity contribution in [1.29, 1.82) is 0 Å². The molecule has 0 spiro atoms. The van der Waals surface area contributed by atoms with Crippen molar-refractivity contribution in [3.63, 3.8) is 0 Å². The smallest absolute Gasteiger partial charge is 0.321 e. The highest BCUT2D eigenvalue weighted by molar-refractivity contribution is 6.30. The van der Waals surface area contributed by atoms with Crippen molar-refractivity contribution in [2.75, 3.05) is 0 Å². The summed E-state index contributed by atoms with van der Waals surface area (Å²) in [6.45, 7) is 6.37. The van der Waals surface area contributed by atoms with Gasteiger partial charge in [-0.3, -0.25) is 10.1 Å². The Labute approximate surface area is 176 Å². The summed E-state index contributed by atoms with van der Waals surface area (Å²) in [5.41, 5.74) is 7.81. The van der Waals surface area contributed by atoms with Crippen LogP contribution in [0.2, 0.25) is 10.0 Å². The van der Waals surface area contributed by atoms with Gasteiger partial charge in [-0.15, -0.1) is 0 Å². The molecule has 1 fully saturated rings. The van der Waals surface area contributed by atoms with E-state index < -0.39 is 23.5 Å². The number of hydrogen-bond acceptors (Lipinski definition) is 3. The van der Waals surface area contributed by atoms with Crippen molar-refractivity contribution >= 4 is 29.2 Å². The molecule has 4 nitrogen and oxygen atoms in total. The molecule has 0 radical (unpaired) electrons. The first-order valence-corrected chi connectivity index (χ1v) is 10.1. The fourth-order valence-electron chi connectivity index (χ4n) is 4.29. The molecule has 2 aromatic rings. The zero-order valence-corrected chi connectivity index (χ0v) is 17.8. The molecule has 1 aliphatic rings. The number of nitrogens with two attached hydrogens (primary N) is 1. The fraction of sp³-hybridized carbons (Fsp3) is 0.409. The second-order valence-electron chi connectivity index (χ2n) is 8.77. The number of carboxylic acid groups (broad SMARTS) is 1. The third-order valence-electron chi connectivity index (χ3n) is 5.44. The van der Waals surface area contributed by atoms with E-state index in [1.165, 1.54) is 0 Å². The second-order valence-corrected chi connectivity index (χ2v) is 9.65. The van der Waals surface area contributed by atoms with Gasteiger partial charge in [0.05, 0.1) is 5.54 Å². The Morgan fingerprint density at radius 1 is 1.14 bits per heavy atom. The van der Waals surface area contributed by atoms with Gasteiger partial charge < -0.3 is 10.8 Å². The zero-order valence-electron chi connectivity index (χ0n) is 16.2. The summed E-state index contributed by atoms with van der Waals surface area (Å²) in [6.07, 6.45) is 0.715. The summed E-state index contributed by atoms with van der Waals surface area (Å²) >= 11 is 12.3. The van der Waals surface area contributed by atoms with Crippen LogP contribution in [-0.4, -0.2) is 23.2 Å². The highest BCUT2D eigenvalue weighted by Gasteiger charge is 2.57. The summed E-state index contributed by atoms with van der Waals surface area (Å²) in [7, 11) is 0. The third-order valence-corrected chi connectivity index (χ3v) is 5.93. The van der Waals surface area contributed by atoms with E-state index in [0.717, 1.165) is 11.1 Å². The van der Waals surface area contributed by atoms with E-state index in [4.69, 9.17) is 28.9 Å². The fourth-order valence-corrected chi connectivity index (χ4v) is 4.61. The van der Waals surface area contributed by atoms with E-state index in [-0.39, 0.29) is 11.5 Å². The van der Waals surface area contributed by atoms with Crippen LogP contribution in [0, 0.1) is 5.41 Å². The maximum absolute atomic E-state index is 12.2. The Kier molecular flexibility index (Phi) is 5.79. The quantitative estimate of drug-likeness (QED) is 0.664. The van der Waals surface area contributed by atoms with Crippen molar-refractivity contribution in [1.82, 2.24) is 5.32 Å². The van der Waals surface area contributed by atoms with Gasteiger partial charge in [0.25, 0.3) is 0 Å². The molecule has 28 heavy (non-hydrogen) atoms. The summed E-state index contributed by atoms with van der Waals surface area (Å²) in [5.74, 6) is -1.41. The second kappa shape index (κ2) is 7.68. The number of halogens is 2. The molecule has 0 bridgehead atoms. The minimum Gasteiger partial charge on any atom is -0.480 e. The largest absolute Gasteiger partial charge is 0.480 e. The van der Waals surface area contributed by atoms with Crippen LogP contribution in [0.3, 0.4) is 0 Å². The van der Waals surface area contributed by atoms with Crippen molar-refractivity contribution in [2.45, 2.75) is 50.7 Å². The standard InChI is InChI=1S/C22H26Cl2N2O2/c1-21(2,3)12-17-22(25,14-7-9-15(23)10-8-14)18(19(26-17)20(27)28)13-5-4-6-16(24)11-13/h4-11,17-19,26H,12,25H2,1-3H3,(H,27,28)/t17-,18-,19+,22+/m0/s1. The van der Waals surface area contributed by atoms with Crippen LogP contribution in [0.4, 0.5) is 0 Å². The van der Waals surface area contributed by atoms with Crippen LogP contribution in [-0.2, 0) is 10.3 Å². The van der Waals surface area contributed by atoms with Gasteiger partial charge in [-0.25, -0.2) is 0 Å². The molecular formula is C22H26Cl2N2O2. The molecule has 0 aromatic heterocycles. The molecule has 0 aliphatic carbocycles. The van der Waals surface area contributed by atoms with Crippen LogP contribution < -0.4 is 11.1 Å². The first-order chi connectivity index (χ1) is 13.0. The molecule has 1 aliphatic heterocycles. The van der Waals surface area contributed by atoms with Gasteiger partial charge in [0.1, 0.15) is 6.04 Å². The summed E-state index contributed by atoms with van der Waals surface area (Å²) in [4.78, 5) is 12.2. The van der Waals surface area contributed by atoms with E-state index >= 15 is 0 Å². The van der Waals surface area contributed by atoms with Gasteiger partial charge >= 0.3 is 5.97 Å². The van der Waals surface area contributed by atoms with Crippen molar-refractivity contribution in [2.24, 2.45) is 11.1 Å². The lowest BCUT2D eigenvalue weighted by atomic mass is 9.69. The lowest BCUT2D eigenvalue weighted by Crippen LogP contribution is -2.51. The van der Waals surface area contributed by atoms with E-state index in [2.05, 4.69) is 26.1 Å². The highest BCUT2D eigenvalue weighted by Crippen LogP contribution is 2.48. The minimum absolute atomic E-state index is 0.0407. The maximum atomic E-state index is 12.2. The SMILES string of the molecule is CC(C)(C)C[C@@H]1N[C@@H](C(=O)O)[C@H](c2cccc(Cl)c2)[C@@]1(N)c1ccc(Cl)cc1. The Hall–Kier alpha value is -1.59.